The Bertz CT molecular complexity index is 514. The highest BCUT2D eigenvalue weighted by Gasteiger charge is 2.27. The zero-order valence-electron chi connectivity index (χ0n) is 15.3. The molecule has 0 heterocycles. The fourth-order valence-corrected chi connectivity index (χ4v) is 2.73. The molecule has 3 heteroatoms. The molecule has 0 amide bonds. The number of carbonyl (C=O) groups is 2. The number of nitrogens with one attached hydrogen (secondary N) is 1. The van der Waals surface area contributed by atoms with Gasteiger partial charge in [0.1, 0.15) is 5.78 Å². The van der Waals surface area contributed by atoms with E-state index in [-0.39, 0.29) is 35.0 Å². The van der Waals surface area contributed by atoms with E-state index in [1.165, 1.54) is 0 Å². The summed E-state index contributed by atoms with van der Waals surface area (Å²) in [4.78, 5) is 24.8. The van der Waals surface area contributed by atoms with E-state index in [1.54, 1.807) is 0 Å². The second-order valence-corrected chi connectivity index (χ2v) is 7.77. The van der Waals surface area contributed by atoms with E-state index in [9.17, 15) is 9.59 Å². The summed E-state index contributed by atoms with van der Waals surface area (Å²) in [6, 6.07) is 9.75. The summed E-state index contributed by atoms with van der Waals surface area (Å²) in [7, 11) is 0. The summed E-state index contributed by atoms with van der Waals surface area (Å²) >= 11 is 0. The molecule has 1 rings (SSSR count). The van der Waals surface area contributed by atoms with E-state index in [0.29, 0.717) is 12.8 Å². The summed E-state index contributed by atoms with van der Waals surface area (Å²) in [5.41, 5.74) is 0.978. The smallest absolute Gasteiger partial charge is 0.150 e. The Morgan fingerprint density at radius 1 is 1.04 bits per heavy atom. The fourth-order valence-electron chi connectivity index (χ4n) is 2.73. The molecular weight excluding hydrogens is 286 g/mol. The van der Waals surface area contributed by atoms with Gasteiger partial charge in [-0.2, -0.15) is 0 Å². The van der Waals surface area contributed by atoms with Crippen LogP contribution >= 0.6 is 0 Å². The number of rotatable bonds is 8. The van der Waals surface area contributed by atoms with Crippen molar-refractivity contribution in [3.8, 4) is 0 Å². The van der Waals surface area contributed by atoms with Crippen LogP contribution in [-0.2, 0) is 16.0 Å². The molecule has 3 nitrogen and oxygen atoms in total. The van der Waals surface area contributed by atoms with Gasteiger partial charge in [0.05, 0.1) is 6.04 Å². The van der Waals surface area contributed by atoms with Crippen LogP contribution in [0.4, 0.5) is 0 Å². The Balaban J connectivity index is 2.82. The van der Waals surface area contributed by atoms with Crippen LogP contribution in [0, 0.1) is 11.8 Å². The maximum Gasteiger partial charge on any atom is 0.150 e. The average Bonchev–Trinajstić information content (AvgIpc) is 2.45. The van der Waals surface area contributed by atoms with Crippen LogP contribution in [0.2, 0.25) is 0 Å². The maximum atomic E-state index is 12.7. The Morgan fingerprint density at radius 3 is 2.09 bits per heavy atom. The third-order valence-electron chi connectivity index (χ3n) is 3.84. The molecule has 128 valence electrons. The lowest BCUT2D eigenvalue weighted by Crippen LogP contribution is -2.49. The molecule has 0 aliphatic rings. The van der Waals surface area contributed by atoms with Crippen LogP contribution in [-0.4, -0.2) is 23.1 Å². The molecular formula is C20H31NO2. The van der Waals surface area contributed by atoms with Crippen LogP contribution in [0.15, 0.2) is 30.3 Å². The Kier molecular flexibility index (Phi) is 7.14. The van der Waals surface area contributed by atoms with Gasteiger partial charge in [0.2, 0.25) is 0 Å². The fraction of sp³-hybridized carbons (Fsp3) is 0.600. The third kappa shape index (κ3) is 7.08. The monoisotopic (exact) mass is 317 g/mol. The molecule has 0 aromatic heterocycles. The van der Waals surface area contributed by atoms with Crippen molar-refractivity contribution in [3.63, 3.8) is 0 Å². The van der Waals surface area contributed by atoms with Crippen molar-refractivity contribution >= 4 is 11.6 Å². The van der Waals surface area contributed by atoms with Crippen molar-refractivity contribution in [2.24, 2.45) is 11.8 Å². The molecule has 2 unspecified atom stereocenters. The minimum atomic E-state index is -0.264. The summed E-state index contributed by atoms with van der Waals surface area (Å²) in [6.07, 6.45) is 0.955. The number of ketones is 2. The van der Waals surface area contributed by atoms with E-state index in [1.807, 2.05) is 51.1 Å². The molecule has 0 saturated carbocycles. The molecule has 1 aromatic rings. The normalized spacial score (nSPS) is 14.6. The zero-order chi connectivity index (χ0) is 17.6. The number of Topliss-reactive ketones (excluding diaryl/α,β-unsaturated/α-hetero) is 2. The highest BCUT2D eigenvalue weighted by Crippen LogP contribution is 2.15. The minimum absolute atomic E-state index is 0.0269. The van der Waals surface area contributed by atoms with Crippen molar-refractivity contribution in [1.82, 2.24) is 5.32 Å². The largest absolute Gasteiger partial charge is 0.302 e. The third-order valence-corrected chi connectivity index (χ3v) is 3.84. The van der Waals surface area contributed by atoms with Gasteiger partial charge < -0.3 is 5.32 Å². The van der Waals surface area contributed by atoms with Crippen molar-refractivity contribution in [2.45, 2.75) is 66.0 Å². The van der Waals surface area contributed by atoms with Crippen LogP contribution in [0.1, 0.15) is 53.5 Å². The number of hydrogen-bond donors (Lipinski definition) is 1. The molecule has 0 spiro atoms. The first-order valence-corrected chi connectivity index (χ1v) is 8.48. The highest BCUT2D eigenvalue weighted by atomic mass is 16.1. The predicted octanol–water partition coefficient (Wildman–Crippen LogP) is 3.81. The van der Waals surface area contributed by atoms with Crippen molar-refractivity contribution in [2.75, 3.05) is 0 Å². The first kappa shape index (κ1) is 19.6. The predicted molar refractivity (Wildman–Crippen MR) is 95.5 cm³/mol. The van der Waals surface area contributed by atoms with Gasteiger partial charge in [0.25, 0.3) is 0 Å². The van der Waals surface area contributed by atoms with Crippen LogP contribution in [0.25, 0.3) is 0 Å². The first-order valence-electron chi connectivity index (χ1n) is 8.48. The standard InChI is InChI=1S/C20H31NO2/c1-14(2)19(23)15(3)12-18(22)17(21-20(4,5)6)13-16-10-8-7-9-11-16/h7-11,14-15,17,21H,12-13H2,1-6H3. The summed E-state index contributed by atoms with van der Waals surface area (Å²) in [5, 5.41) is 3.42. The van der Waals surface area contributed by atoms with Gasteiger partial charge in [-0.25, -0.2) is 0 Å². The average molecular weight is 317 g/mol. The van der Waals surface area contributed by atoms with E-state index in [0.717, 1.165) is 5.56 Å². The topological polar surface area (TPSA) is 46.2 Å². The van der Waals surface area contributed by atoms with E-state index in [4.69, 9.17) is 0 Å². The van der Waals surface area contributed by atoms with Gasteiger partial charge in [-0.1, -0.05) is 51.1 Å². The van der Waals surface area contributed by atoms with E-state index >= 15 is 0 Å². The Labute approximate surface area is 140 Å². The van der Waals surface area contributed by atoms with Crippen molar-refractivity contribution in [1.29, 1.82) is 0 Å². The Morgan fingerprint density at radius 2 is 1.61 bits per heavy atom. The van der Waals surface area contributed by atoms with Gasteiger partial charge >= 0.3 is 0 Å². The van der Waals surface area contributed by atoms with E-state index < -0.39 is 0 Å². The molecule has 0 bridgehead atoms. The molecule has 0 fully saturated rings. The molecule has 2 atom stereocenters. The van der Waals surface area contributed by atoms with E-state index in [2.05, 4.69) is 26.1 Å². The molecule has 0 aliphatic heterocycles. The maximum absolute atomic E-state index is 12.7. The van der Waals surface area contributed by atoms with Crippen molar-refractivity contribution < 1.29 is 9.59 Å². The van der Waals surface area contributed by atoms with Crippen molar-refractivity contribution in [3.05, 3.63) is 35.9 Å². The second kappa shape index (κ2) is 8.39. The van der Waals surface area contributed by atoms with Crippen LogP contribution in [0.3, 0.4) is 0 Å². The minimum Gasteiger partial charge on any atom is -0.302 e. The lowest BCUT2D eigenvalue weighted by atomic mass is 9.88. The van der Waals surface area contributed by atoms with Gasteiger partial charge in [-0.3, -0.25) is 9.59 Å². The number of benzene rings is 1. The van der Waals surface area contributed by atoms with Gasteiger partial charge in [0, 0.05) is 23.8 Å². The summed E-state index contributed by atoms with van der Waals surface area (Å²) in [5.74, 6) is 0.0290. The summed E-state index contributed by atoms with van der Waals surface area (Å²) in [6.45, 7) is 11.8. The molecule has 0 radical (unpaired) electrons. The lowest BCUT2D eigenvalue weighted by molar-refractivity contribution is -0.130. The molecule has 0 aliphatic carbocycles. The van der Waals surface area contributed by atoms with Gasteiger partial charge in [-0.15, -0.1) is 0 Å². The second-order valence-electron chi connectivity index (χ2n) is 7.77. The first-order chi connectivity index (χ1) is 10.6. The van der Waals surface area contributed by atoms with Gasteiger partial charge in [0.15, 0.2) is 5.78 Å². The SMILES string of the molecule is CC(C)C(=O)C(C)CC(=O)C(Cc1ccccc1)NC(C)(C)C. The van der Waals surface area contributed by atoms with Crippen LogP contribution in [0.5, 0.6) is 0 Å². The highest BCUT2D eigenvalue weighted by molar-refractivity contribution is 5.91. The number of hydrogen-bond acceptors (Lipinski definition) is 3. The van der Waals surface area contributed by atoms with Gasteiger partial charge in [-0.05, 0) is 32.8 Å². The lowest BCUT2D eigenvalue weighted by Gasteiger charge is -2.28. The zero-order valence-corrected chi connectivity index (χ0v) is 15.3. The quantitative estimate of drug-likeness (QED) is 0.793. The Hall–Kier alpha value is -1.48. The molecule has 0 saturated heterocycles. The molecule has 23 heavy (non-hydrogen) atoms. The number of carbonyl (C=O) groups excluding carboxylic acids is 2. The van der Waals surface area contributed by atoms with Crippen LogP contribution < -0.4 is 5.32 Å². The molecule has 1 aromatic carbocycles. The summed E-state index contributed by atoms with van der Waals surface area (Å²) < 4.78 is 0. The molecule has 1 N–H and O–H groups in total.